The maximum absolute atomic E-state index is 12.1. The average Bonchev–Trinajstić information content (AvgIpc) is 2.64. The van der Waals surface area contributed by atoms with E-state index < -0.39 is 0 Å². The fourth-order valence-electron chi connectivity index (χ4n) is 2.54. The molecule has 2 aromatic rings. The highest BCUT2D eigenvalue weighted by molar-refractivity contribution is 6.45. The van der Waals surface area contributed by atoms with Crippen molar-refractivity contribution in [3.63, 3.8) is 0 Å². The maximum atomic E-state index is 12.1. The standard InChI is InChI=1S/C20H24N2O3/c1-14(2)16-10-7-8-12-18(16)25-13-15-9-5-6-11-17(15)19(22-24-4)20(23)21-3/h5-12,14H,13H2,1-4H3,(H,21,23)/b22-19-. The van der Waals surface area contributed by atoms with Crippen molar-refractivity contribution in [3.8, 4) is 5.75 Å². The smallest absolute Gasteiger partial charge is 0.273 e. The number of nitrogens with one attached hydrogen (secondary N) is 1. The van der Waals surface area contributed by atoms with Gasteiger partial charge in [0.05, 0.1) is 0 Å². The molecule has 1 amide bonds. The predicted molar refractivity (Wildman–Crippen MR) is 98.9 cm³/mol. The molecule has 25 heavy (non-hydrogen) atoms. The first-order chi connectivity index (χ1) is 12.1. The third kappa shape index (κ3) is 4.59. The van der Waals surface area contributed by atoms with E-state index >= 15 is 0 Å². The second-order valence-electron chi connectivity index (χ2n) is 5.84. The number of benzene rings is 2. The number of oxime groups is 1. The summed E-state index contributed by atoms with van der Waals surface area (Å²) in [4.78, 5) is 16.9. The Hall–Kier alpha value is -2.82. The predicted octanol–water partition coefficient (Wildman–Crippen LogP) is 3.49. The van der Waals surface area contributed by atoms with Gasteiger partial charge in [0.2, 0.25) is 0 Å². The van der Waals surface area contributed by atoms with Crippen molar-refractivity contribution in [3.05, 3.63) is 65.2 Å². The Bertz CT molecular complexity index is 754. The van der Waals surface area contributed by atoms with Gasteiger partial charge in [-0.25, -0.2) is 0 Å². The molecule has 1 N–H and O–H groups in total. The first-order valence-electron chi connectivity index (χ1n) is 8.21. The molecule has 0 aliphatic rings. The van der Waals surface area contributed by atoms with E-state index in [9.17, 15) is 4.79 Å². The number of hydrogen-bond acceptors (Lipinski definition) is 4. The van der Waals surface area contributed by atoms with Crippen molar-refractivity contribution in [2.45, 2.75) is 26.4 Å². The molecule has 0 unspecified atom stereocenters. The Morgan fingerprint density at radius 3 is 2.48 bits per heavy atom. The molecule has 0 saturated carbocycles. The Labute approximate surface area is 148 Å². The summed E-state index contributed by atoms with van der Waals surface area (Å²) in [5, 5.41) is 6.46. The van der Waals surface area contributed by atoms with Crippen LogP contribution in [0.3, 0.4) is 0 Å². The molecule has 0 aromatic heterocycles. The van der Waals surface area contributed by atoms with Crippen LogP contribution in [0, 0.1) is 0 Å². The van der Waals surface area contributed by atoms with Crippen molar-refractivity contribution in [1.82, 2.24) is 5.32 Å². The summed E-state index contributed by atoms with van der Waals surface area (Å²) < 4.78 is 6.04. The Balaban J connectivity index is 2.30. The zero-order valence-electron chi connectivity index (χ0n) is 15.1. The van der Waals surface area contributed by atoms with Crippen molar-refractivity contribution < 1.29 is 14.4 Å². The van der Waals surface area contributed by atoms with Gasteiger partial charge in [0.1, 0.15) is 19.5 Å². The number of nitrogens with zero attached hydrogens (tertiary/aromatic N) is 1. The van der Waals surface area contributed by atoms with Crippen LogP contribution in [0.2, 0.25) is 0 Å². The van der Waals surface area contributed by atoms with Crippen LogP contribution in [0.4, 0.5) is 0 Å². The molecule has 132 valence electrons. The van der Waals surface area contributed by atoms with Gasteiger partial charge in [-0.15, -0.1) is 0 Å². The molecule has 0 spiro atoms. The van der Waals surface area contributed by atoms with Gasteiger partial charge in [0, 0.05) is 12.6 Å². The van der Waals surface area contributed by atoms with Gasteiger partial charge in [-0.05, 0) is 23.1 Å². The Morgan fingerprint density at radius 2 is 1.80 bits per heavy atom. The minimum absolute atomic E-state index is 0.223. The molecule has 2 rings (SSSR count). The first kappa shape index (κ1) is 18.5. The largest absolute Gasteiger partial charge is 0.489 e. The zero-order chi connectivity index (χ0) is 18.2. The molecule has 0 saturated heterocycles. The molecule has 0 atom stereocenters. The second kappa shape index (κ2) is 8.87. The molecule has 0 aliphatic heterocycles. The van der Waals surface area contributed by atoms with Gasteiger partial charge in [0.15, 0.2) is 5.71 Å². The van der Waals surface area contributed by atoms with Crippen molar-refractivity contribution >= 4 is 11.6 Å². The highest BCUT2D eigenvalue weighted by Gasteiger charge is 2.18. The topological polar surface area (TPSA) is 59.9 Å². The Kier molecular flexibility index (Phi) is 6.57. The molecule has 0 radical (unpaired) electrons. The molecular formula is C20H24N2O3. The van der Waals surface area contributed by atoms with Crippen LogP contribution in [-0.4, -0.2) is 25.8 Å². The third-order valence-corrected chi connectivity index (χ3v) is 3.82. The van der Waals surface area contributed by atoms with Crippen LogP contribution < -0.4 is 10.1 Å². The third-order valence-electron chi connectivity index (χ3n) is 3.82. The summed E-state index contributed by atoms with van der Waals surface area (Å²) in [6, 6.07) is 15.5. The fraction of sp³-hybridized carbons (Fsp3) is 0.300. The Morgan fingerprint density at radius 1 is 1.12 bits per heavy atom. The number of para-hydroxylation sites is 1. The lowest BCUT2D eigenvalue weighted by Crippen LogP contribution is -2.29. The molecule has 0 fully saturated rings. The number of amides is 1. The van der Waals surface area contributed by atoms with E-state index in [-0.39, 0.29) is 11.6 Å². The number of hydrogen-bond donors (Lipinski definition) is 1. The van der Waals surface area contributed by atoms with Crippen molar-refractivity contribution in [1.29, 1.82) is 0 Å². The summed E-state index contributed by atoms with van der Waals surface area (Å²) in [6.07, 6.45) is 0. The number of rotatable bonds is 7. The zero-order valence-corrected chi connectivity index (χ0v) is 15.1. The van der Waals surface area contributed by atoms with E-state index in [1.54, 1.807) is 7.05 Å². The van der Waals surface area contributed by atoms with Crippen LogP contribution in [-0.2, 0) is 16.2 Å². The van der Waals surface area contributed by atoms with Gasteiger partial charge in [-0.1, -0.05) is 61.5 Å². The van der Waals surface area contributed by atoms with Crippen LogP contribution >= 0.6 is 0 Å². The van der Waals surface area contributed by atoms with Gasteiger partial charge >= 0.3 is 0 Å². The van der Waals surface area contributed by atoms with Crippen LogP contribution in [0.1, 0.15) is 36.5 Å². The number of likely N-dealkylation sites (N-methyl/N-ethyl adjacent to an activating group) is 1. The van der Waals surface area contributed by atoms with Crippen LogP contribution in [0.25, 0.3) is 0 Å². The van der Waals surface area contributed by atoms with E-state index in [1.807, 2.05) is 42.5 Å². The van der Waals surface area contributed by atoms with E-state index in [0.29, 0.717) is 18.1 Å². The first-order valence-corrected chi connectivity index (χ1v) is 8.21. The summed E-state index contributed by atoms with van der Waals surface area (Å²) >= 11 is 0. The lowest BCUT2D eigenvalue weighted by atomic mass is 10.0. The molecule has 2 aromatic carbocycles. The van der Waals surface area contributed by atoms with Gasteiger partial charge in [-0.3, -0.25) is 4.79 Å². The molecule has 0 bridgehead atoms. The van der Waals surface area contributed by atoms with Crippen LogP contribution in [0.15, 0.2) is 53.7 Å². The van der Waals surface area contributed by atoms with E-state index in [0.717, 1.165) is 16.9 Å². The number of carbonyl (C=O) groups is 1. The normalized spacial score (nSPS) is 11.3. The molecule has 5 nitrogen and oxygen atoms in total. The summed E-state index contributed by atoms with van der Waals surface area (Å²) in [5.74, 6) is 0.900. The lowest BCUT2D eigenvalue weighted by Gasteiger charge is -2.15. The van der Waals surface area contributed by atoms with E-state index in [4.69, 9.17) is 9.57 Å². The highest BCUT2D eigenvalue weighted by atomic mass is 16.6. The molecule has 5 heteroatoms. The number of ether oxygens (including phenoxy) is 1. The minimum Gasteiger partial charge on any atom is -0.489 e. The lowest BCUT2D eigenvalue weighted by molar-refractivity contribution is -0.114. The maximum Gasteiger partial charge on any atom is 0.273 e. The van der Waals surface area contributed by atoms with Crippen molar-refractivity contribution in [2.24, 2.45) is 5.16 Å². The van der Waals surface area contributed by atoms with E-state index in [1.165, 1.54) is 7.11 Å². The van der Waals surface area contributed by atoms with Gasteiger partial charge in [-0.2, -0.15) is 0 Å². The molecule has 0 heterocycles. The summed E-state index contributed by atoms with van der Waals surface area (Å²) in [6.45, 7) is 4.59. The minimum atomic E-state index is -0.308. The van der Waals surface area contributed by atoms with Crippen LogP contribution in [0.5, 0.6) is 5.75 Å². The van der Waals surface area contributed by atoms with Gasteiger partial charge in [0.25, 0.3) is 5.91 Å². The van der Waals surface area contributed by atoms with Crippen molar-refractivity contribution in [2.75, 3.05) is 14.2 Å². The van der Waals surface area contributed by atoms with Gasteiger partial charge < -0.3 is 14.9 Å². The highest BCUT2D eigenvalue weighted by Crippen LogP contribution is 2.27. The summed E-state index contributed by atoms with van der Waals surface area (Å²) in [5.41, 5.74) is 2.92. The number of carbonyl (C=O) groups excluding carboxylic acids is 1. The fourth-order valence-corrected chi connectivity index (χ4v) is 2.54. The molecular weight excluding hydrogens is 316 g/mol. The molecule has 0 aliphatic carbocycles. The van der Waals surface area contributed by atoms with E-state index in [2.05, 4.69) is 30.4 Å². The second-order valence-corrected chi connectivity index (χ2v) is 5.84. The quantitative estimate of drug-likeness (QED) is 0.620. The average molecular weight is 340 g/mol. The SMILES string of the molecule is CNC(=O)/C(=N\OC)c1ccccc1COc1ccccc1C(C)C. The summed E-state index contributed by atoms with van der Waals surface area (Å²) in [7, 11) is 2.98. The monoisotopic (exact) mass is 340 g/mol.